The van der Waals surface area contributed by atoms with Gasteiger partial charge >= 0.3 is 5.97 Å². The van der Waals surface area contributed by atoms with Crippen molar-refractivity contribution in [3.63, 3.8) is 0 Å². The Morgan fingerprint density at radius 1 is 1.53 bits per heavy atom. The van der Waals surface area contributed by atoms with Crippen molar-refractivity contribution in [1.29, 1.82) is 0 Å². The van der Waals surface area contributed by atoms with Gasteiger partial charge in [-0.05, 0) is 12.0 Å². The van der Waals surface area contributed by atoms with Gasteiger partial charge in [0.2, 0.25) is 10.0 Å². The van der Waals surface area contributed by atoms with Crippen LogP contribution in [0.4, 0.5) is 5.69 Å². The van der Waals surface area contributed by atoms with Crippen LogP contribution in [0.25, 0.3) is 0 Å². The quantitative estimate of drug-likeness (QED) is 0.835. The lowest BCUT2D eigenvalue weighted by atomic mass is 10.2. The van der Waals surface area contributed by atoms with E-state index >= 15 is 0 Å². The number of anilines is 1. The smallest absolute Gasteiger partial charge is 0.337 e. The van der Waals surface area contributed by atoms with Crippen LogP contribution >= 0.6 is 0 Å². The van der Waals surface area contributed by atoms with Gasteiger partial charge in [-0.1, -0.05) is 6.92 Å². The first-order valence-electron chi connectivity index (χ1n) is 5.09. The van der Waals surface area contributed by atoms with Gasteiger partial charge in [0.05, 0.1) is 23.2 Å². The topological polar surface area (TPSA) is 87.6 Å². The third-order valence-corrected chi connectivity index (χ3v) is 4.59. The maximum atomic E-state index is 11.8. The molecule has 1 N–H and O–H groups in total. The summed E-state index contributed by atoms with van der Waals surface area (Å²) < 4.78 is 24.8. The van der Waals surface area contributed by atoms with Crippen LogP contribution in [0, 0.1) is 5.92 Å². The lowest BCUT2D eigenvalue weighted by Crippen LogP contribution is -2.25. The lowest BCUT2D eigenvalue weighted by molar-refractivity contribution is 0.0696. The van der Waals surface area contributed by atoms with Crippen molar-refractivity contribution in [1.82, 2.24) is 4.98 Å². The van der Waals surface area contributed by atoms with Crippen LogP contribution in [0.5, 0.6) is 0 Å². The van der Waals surface area contributed by atoms with Crippen LogP contribution in [0.3, 0.4) is 0 Å². The second-order valence-corrected chi connectivity index (χ2v) is 6.09. The highest BCUT2D eigenvalue weighted by Crippen LogP contribution is 2.26. The summed E-state index contributed by atoms with van der Waals surface area (Å²) in [7, 11) is -3.33. The molecule has 1 aromatic rings. The molecule has 1 aliphatic rings. The first-order chi connectivity index (χ1) is 7.90. The zero-order chi connectivity index (χ0) is 12.6. The van der Waals surface area contributed by atoms with Gasteiger partial charge < -0.3 is 5.11 Å². The summed E-state index contributed by atoms with van der Waals surface area (Å²) in [4.78, 5) is 14.5. The number of nitrogens with zero attached hydrogens (tertiary/aromatic N) is 2. The van der Waals surface area contributed by atoms with E-state index in [2.05, 4.69) is 4.98 Å². The fraction of sp³-hybridized carbons (Fsp3) is 0.400. The molecule has 0 aromatic carbocycles. The Kier molecular flexibility index (Phi) is 2.78. The Labute approximate surface area is 98.9 Å². The normalized spacial score (nSPS) is 22.6. The van der Waals surface area contributed by atoms with E-state index < -0.39 is 16.0 Å². The van der Waals surface area contributed by atoms with Crippen molar-refractivity contribution in [3.05, 3.63) is 24.0 Å². The van der Waals surface area contributed by atoms with Crippen LogP contribution < -0.4 is 4.31 Å². The first-order valence-corrected chi connectivity index (χ1v) is 6.70. The van der Waals surface area contributed by atoms with E-state index in [-0.39, 0.29) is 17.2 Å². The minimum atomic E-state index is -3.33. The largest absolute Gasteiger partial charge is 0.478 e. The number of pyridine rings is 1. The summed E-state index contributed by atoms with van der Waals surface area (Å²) in [5.74, 6) is -0.998. The Morgan fingerprint density at radius 3 is 2.76 bits per heavy atom. The fourth-order valence-corrected chi connectivity index (χ4v) is 3.75. The first kappa shape index (κ1) is 11.8. The average Bonchev–Trinajstić information content (AvgIpc) is 2.52. The number of hydrogen-bond acceptors (Lipinski definition) is 4. The van der Waals surface area contributed by atoms with Crippen molar-refractivity contribution in [2.24, 2.45) is 5.92 Å². The number of rotatable bonds is 2. The molecule has 2 heterocycles. The highest BCUT2D eigenvalue weighted by molar-refractivity contribution is 7.93. The molecule has 1 fully saturated rings. The lowest BCUT2D eigenvalue weighted by Gasteiger charge is -2.16. The minimum absolute atomic E-state index is 0.0164. The summed E-state index contributed by atoms with van der Waals surface area (Å²) in [6.45, 7) is 2.21. The molecule has 0 spiro atoms. The molecule has 0 saturated carbocycles. The van der Waals surface area contributed by atoms with Crippen molar-refractivity contribution in [2.75, 3.05) is 16.6 Å². The Morgan fingerprint density at radius 2 is 2.24 bits per heavy atom. The van der Waals surface area contributed by atoms with Gasteiger partial charge in [0.1, 0.15) is 0 Å². The predicted octanol–water partition coefficient (Wildman–Crippen LogP) is 0.566. The number of carboxylic acid groups (broad SMARTS) is 1. The van der Waals surface area contributed by atoms with E-state index in [9.17, 15) is 13.2 Å². The molecule has 92 valence electrons. The average molecular weight is 256 g/mol. The maximum absolute atomic E-state index is 11.8. The minimum Gasteiger partial charge on any atom is -0.478 e. The van der Waals surface area contributed by atoms with E-state index in [1.165, 1.54) is 22.8 Å². The zero-order valence-electron chi connectivity index (χ0n) is 9.20. The van der Waals surface area contributed by atoms with Crippen molar-refractivity contribution in [3.8, 4) is 0 Å². The second kappa shape index (κ2) is 3.99. The monoisotopic (exact) mass is 256 g/mol. The molecular weight excluding hydrogens is 244 g/mol. The number of carbonyl (C=O) groups is 1. The summed E-state index contributed by atoms with van der Waals surface area (Å²) >= 11 is 0. The van der Waals surface area contributed by atoms with Crippen molar-refractivity contribution >= 4 is 21.7 Å². The highest BCUT2D eigenvalue weighted by atomic mass is 32.2. The molecule has 0 amide bonds. The molecule has 1 unspecified atom stereocenters. The number of hydrogen-bond donors (Lipinski definition) is 1. The molecule has 1 aromatic heterocycles. The predicted molar refractivity (Wildman–Crippen MR) is 61.5 cm³/mol. The molecule has 0 bridgehead atoms. The Hall–Kier alpha value is -1.63. The summed E-state index contributed by atoms with van der Waals surface area (Å²) in [5, 5.41) is 8.83. The van der Waals surface area contributed by atoms with Gasteiger partial charge in [-0.2, -0.15) is 0 Å². The molecule has 0 radical (unpaired) electrons. The molecule has 2 rings (SSSR count). The summed E-state index contributed by atoms with van der Waals surface area (Å²) in [5.41, 5.74) is 0.298. The molecule has 6 nitrogen and oxygen atoms in total. The van der Waals surface area contributed by atoms with Crippen molar-refractivity contribution in [2.45, 2.75) is 6.92 Å². The van der Waals surface area contributed by atoms with Gasteiger partial charge in [-0.3, -0.25) is 9.29 Å². The summed E-state index contributed by atoms with van der Waals surface area (Å²) in [6.07, 6.45) is 2.56. The van der Waals surface area contributed by atoms with Crippen LogP contribution in [0.2, 0.25) is 0 Å². The van der Waals surface area contributed by atoms with E-state index in [1.54, 1.807) is 0 Å². The highest BCUT2D eigenvalue weighted by Gasteiger charge is 2.34. The van der Waals surface area contributed by atoms with Gasteiger partial charge in [0.25, 0.3) is 0 Å². The van der Waals surface area contributed by atoms with Gasteiger partial charge in [0.15, 0.2) is 0 Å². The van der Waals surface area contributed by atoms with Crippen LogP contribution in [-0.2, 0) is 10.0 Å². The van der Waals surface area contributed by atoms with E-state index in [1.807, 2.05) is 6.92 Å². The standard InChI is InChI=1S/C10H12N2O4S/c1-7-5-12(17(15,16)6-7)9-2-8(10(13)14)3-11-4-9/h2-4,7H,5-6H2,1H3,(H,13,14). The third-order valence-electron chi connectivity index (χ3n) is 2.57. The molecule has 7 heteroatoms. The van der Waals surface area contributed by atoms with Crippen LogP contribution in [0.1, 0.15) is 17.3 Å². The zero-order valence-corrected chi connectivity index (χ0v) is 10.0. The number of aromatic nitrogens is 1. The number of sulfonamides is 1. The van der Waals surface area contributed by atoms with Gasteiger partial charge in [0, 0.05) is 12.7 Å². The van der Waals surface area contributed by atoms with Crippen molar-refractivity contribution < 1.29 is 18.3 Å². The second-order valence-electron chi connectivity index (χ2n) is 4.15. The molecule has 0 aliphatic carbocycles. The van der Waals surface area contributed by atoms with Gasteiger partial charge in [-0.15, -0.1) is 0 Å². The molecular formula is C10H12N2O4S. The molecule has 1 atom stereocenters. The van der Waals surface area contributed by atoms with E-state index in [0.29, 0.717) is 12.2 Å². The SMILES string of the molecule is CC1CN(c2cncc(C(=O)O)c2)S(=O)(=O)C1. The Balaban J connectivity index is 2.41. The molecule has 1 saturated heterocycles. The summed E-state index contributed by atoms with van der Waals surface area (Å²) in [6, 6.07) is 1.32. The molecule has 1 aliphatic heterocycles. The maximum Gasteiger partial charge on any atom is 0.337 e. The number of aromatic carboxylic acids is 1. The number of carboxylic acids is 1. The van der Waals surface area contributed by atoms with E-state index in [0.717, 1.165) is 0 Å². The van der Waals surface area contributed by atoms with E-state index in [4.69, 9.17) is 5.11 Å². The fourth-order valence-electron chi connectivity index (χ4n) is 1.85. The third kappa shape index (κ3) is 2.23. The van der Waals surface area contributed by atoms with Crippen LogP contribution in [0.15, 0.2) is 18.5 Å². The van der Waals surface area contributed by atoms with Crippen LogP contribution in [-0.4, -0.2) is 36.8 Å². The molecule has 17 heavy (non-hydrogen) atoms. The van der Waals surface area contributed by atoms with Gasteiger partial charge in [-0.25, -0.2) is 13.2 Å². The Bertz CT molecular complexity index is 555.